The van der Waals surface area contributed by atoms with Gasteiger partial charge < -0.3 is 25.0 Å². The van der Waals surface area contributed by atoms with Gasteiger partial charge in [-0.15, -0.1) is 11.3 Å². The molecule has 46 heavy (non-hydrogen) atoms. The number of piperazine rings is 1. The smallest absolute Gasteiger partial charge is 0.243 e. The fourth-order valence-corrected chi connectivity index (χ4v) is 8.09. The third-order valence-corrected chi connectivity index (χ3v) is 11.0. The molecule has 248 valence electrons. The lowest BCUT2D eigenvalue weighted by Gasteiger charge is -2.37. The molecule has 0 saturated carbocycles. The van der Waals surface area contributed by atoms with E-state index in [0.29, 0.717) is 18.7 Å². The molecule has 3 aliphatic rings. The Morgan fingerprint density at radius 3 is 2.46 bits per heavy atom. The van der Waals surface area contributed by atoms with Gasteiger partial charge in [0.25, 0.3) is 0 Å². The van der Waals surface area contributed by atoms with Crippen molar-refractivity contribution in [2.75, 3.05) is 57.3 Å². The second-order valence-corrected chi connectivity index (χ2v) is 14.5. The molecule has 5 heterocycles. The number of benzene rings is 1. The van der Waals surface area contributed by atoms with Crippen LogP contribution in [0.4, 0.5) is 5.82 Å². The van der Waals surface area contributed by atoms with E-state index in [9.17, 15) is 9.59 Å². The molecule has 0 aliphatic carbocycles. The van der Waals surface area contributed by atoms with Crippen molar-refractivity contribution >= 4 is 29.0 Å². The van der Waals surface area contributed by atoms with E-state index in [4.69, 9.17) is 4.52 Å². The zero-order valence-electron chi connectivity index (χ0n) is 27.7. The molecule has 3 saturated heterocycles. The first-order chi connectivity index (χ1) is 22.3. The number of likely N-dealkylation sites (tertiary alicyclic amines) is 1. The van der Waals surface area contributed by atoms with E-state index in [1.807, 2.05) is 39.3 Å². The molecule has 0 bridgehead atoms. The van der Waals surface area contributed by atoms with Crippen LogP contribution >= 0.6 is 11.3 Å². The summed E-state index contributed by atoms with van der Waals surface area (Å²) >= 11 is 1.63. The van der Waals surface area contributed by atoms with Crippen molar-refractivity contribution < 1.29 is 14.1 Å². The minimum Gasteiger partial charge on any atom is -0.358 e. The maximum Gasteiger partial charge on any atom is 0.243 e. The average molecular weight is 648 g/mol. The molecule has 3 atom stereocenters. The van der Waals surface area contributed by atoms with E-state index < -0.39 is 12.0 Å². The summed E-state index contributed by atoms with van der Waals surface area (Å²) in [7, 11) is 0. The third-order valence-electron chi connectivity index (χ3n) is 10.0. The van der Waals surface area contributed by atoms with Gasteiger partial charge in [0, 0.05) is 45.3 Å². The van der Waals surface area contributed by atoms with Crippen molar-refractivity contribution in [1.29, 1.82) is 0 Å². The van der Waals surface area contributed by atoms with Crippen molar-refractivity contribution in [1.82, 2.24) is 30.6 Å². The van der Waals surface area contributed by atoms with Gasteiger partial charge in [-0.1, -0.05) is 43.3 Å². The van der Waals surface area contributed by atoms with Gasteiger partial charge in [0.15, 0.2) is 11.6 Å². The van der Waals surface area contributed by atoms with Crippen molar-refractivity contribution in [3.05, 3.63) is 52.9 Å². The van der Waals surface area contributed by atoms with Gasteiger partial charge >= 0.3 is 0 Å². The summed E-state index contributed by atoms with van der Waals surface area (Å²) in [6.07, 6.45) is 3.98. The van der Waals surface area contributed by atoms with Gasteiger partial charge in [-0.2, -0.15) is 0 Å². The summed E-state index contributed by atoms with van der Waals surface area (Å²) in [5.74, 6) is 1.52. The molecular weight excluding hydrogens is 598 g/mol. The van der Waals surface area contributed by atoms with E-state index in [0.717, 1.165) is 79.1 Å². The highest BCUT2D eigenvalue weighted by molar-refractivity contribution is 7.13. The summed E-state index contributed by atoms with van der Waals surface area (Å²) in [5.41, 5.74) is 5.03. The Morgan fingerprint density at radius 2 is 1.78 bits per heavy atom. The maximum absolute atomic E-state index is 14.1. The van der Waals surface area contributed by atoms with Gasteiger partial charge in [-0.3, -0.25) is 14.5 Å². The number of carbonyl (C=O) groups is 2. The Balaban J connectivity index is 1.06. The normalized spacial score (nSPS) is 21.1. The fourth-order valence-electron chi connectivity index (χ4n) is 7.28. The lowest BCUT2D eigenvalue weighted by atomic mass is 9.91. The Hall–Kier alpha value is -3.28. The first-order valence-corrected chi connectivity index (χ1v) is 17.9. The quantitative estimate of drug-likeness (QED) is 0.322. The Bertz CT molecular complexity index is 1460. The SMILES string of the molecule is Cc1ncsc1-c1ccc(C(C)NC(=O)C2CCCN2C(=O)C(c2cc(N3CCN(CC4CCNCC4)CC3)no2)C(C)C)cc1. The molecule has 0 spiro atoms. The van der Waals surface area contributed by atoms with Crippen molar-refractivity contribution in [2.24, 2.45) is 11.8 Å². The molecule has 0 radical (unpaired) electrons. The minimum absolute atomic E-state index is 0.000869. The number of amides is 2. The molecule has 3 aromatic rings. The molecule has 1 aromatic carbocycles. The van der Waals surface area contributed by atoms with E-state index >= 15 is 0 Å². The highest BCUT2D eigenvalue weighted by Crippen LogP contribution is 2.33. The number of carbonyl (C=O) groups excluding carboxylic acids is 2. The highest BCUT2D eigenvalue weighted by atomic mass is 32.1. The van der Waals surface area contributed by atoms with Crippen molar-refractivity contribution in [3.8, 4) is 10.4 Å². The number of anilines is 1. The molecule has 2 N–H and O–H groups in total. The maximum atomic E-state index is 14.1. The number of piperidine rings is 1. The summed E-state index contributed by atoms with van der Waals surface area (Å²) in [6.45, 7) is 15.9. The summed E-state index contributed by atoms with van der Waals surface area (Å²) in [4.78, 5) is 39.8. The lowest BCUT2D eigenvalue weighted by Crippen LogP contribution is -2.48. The predicted molar refractivity (Wildman–Crippen MR) is 182 cm³/mol. The molecule has 11 heteroatoms. The molecule has 3 aliphatic heterocycles. The van der Waals surface area contributed by atoms with Crippen LogP contribution in [0.25, 0.3) is 10.4 Å². The highest BCUT2D eigenvalue weighted by Gasteiger charge is 2.40. The number of nitrogens with zero attached hydrogens (tertiary/aromatic N) is 5. The minimum atomic E-state index is -0.495. The fraction of sp³-hybridized carbons (Fsp3) is 0.600. The largest absolute Gasteiger partial charge is 0.358 e. The predicted octanol–water partition coefficient (Wildman–Crippen LogP) is 4.84. The molecular formula is C35H49N7O3S. The number of hydrogen-bond acceptors (Lipinski definition) is 9. The Labute approximate surface area is 276 Å². The van der Waals surface area contributed by atoms with Crippen molar-refractivity contribution in [3.63, 3.8) is 0 Å². The number of rotatable bonds is 10. The zero-order chi connectivity index (χ0) is 32.2. The van der Waals surface area contributed by atoms with Gasteiger partial charge in [-0.05, 0) is 75.6 Å². The van der Waals surface area contributed by atoms with E-state index in [1.54, 1.807) is 16.2 Å². The molecule has 10 nitrogen and oxygen atoms in total. The zero-order valence-corrected chi connectivity index (χ0v) is 28.5. The first kappa shape index (κ1) is 32.7. The van der Waals surface area contributed by atoms with Crippen LogP contribution in [0.15, 0.2) is 40.4 Å². The topological polar surface area (TPSA) is 107 Å². The van der Waals surface area contributed by atoms with Gasteiger partial charge in [-0.25, -0.2) is 4.98 Å². The number of aromatic nitrogens is 2. The van der Waals surface area contributed by atoms with E-state index in [2.05, 4.69) is 54.8 Å². The number of thiazole rings is 1. The summed E-state index contributed by atoms with van der Waals surface area (Å²) < 4.78 is 5.87. The van der Waals surface area contributed by atoms with Gasteiger partial charge in [0.1, 0.15) is 12.0 Å². The summed E-state index contributed by atoms with van der Waals surface area (Å²) in [6, 6.07) is 9.56. The molecule has 2 aromatic heterocycles. The lowest BCUT2D eigenvalue weighted by molar-refractivity contribution is -0.141. The Morgan fingerprint density at radius 1 is 1.04 bits per heavy atom. The molecule has 3 unspecified atom stereocenters. The van der Waals surface area contributed by atoms with Gasteiger partial charge in [0.05, 0.1) is 22.1 Å². The number of nitrogens with one attached hydrogen (secondary N) is 2. The van der Waals surface area contributed by atoms with Crippen LogP contribution in [-0.2, 0) is 9.59 Å². The van der Waals surface area contributed by atoms with Crippen LogP contribution in [-0.4, -0.2) is 90.2 Å². The van der Waals surface area contributed by atoms with Crippen LogP contribution in [0.2, 0.25) is 0 Å². The van der Waals surface area contributed by atoms with Gasteiger partial charge in [0.2, 0.25) is 11.8 Å². The Kier molecular flexibility index (Phi) is 10.4. The standard InChI is InChI=1S/C35H49N7O3S/c1-23(2)32(30-20-31(39-45-30)41-18-16-40(17-19-41)21-26-11-13-36-14-12-26)35(44)42-15-5-6-29(42)34(43)38-24(3)27-7-9-28(10-8-27)33-25(4)37-22-46-33/h7-10,20,22-24,26,29,32,36H,5-6,11-19,21H2,1-4H3,(H,38,43). The van der Waals surface area contributed by atoms with Crippen LogP contribution < -0.4 is 15.5 Å². The average Bonchev–Trinajstić information content (AvgIpc) is 3.84. The van der Waals surface area contributed by atoms with Crippen LogP contribution in [0.1, 0.15) is 75.4 Å². The second-order valence-electron chi connectivity index (χ2n) is 13.6. The summed E-state index contributed by atoms with van der Waals surface area (Å²) in [5, 5.41) is 11.1. The number of hydrogen-bond donors (Lipinski definition) is 2. The van der Waals surface area contributed by atoms with Crippen LogP contribution in [0.5, 0.6) is 0 Å². The first-order valence-electron chi connectivity index (χ1n) is 17.0. The second kappa shape index (κ2) is 14.6. The van der Waals surface area contributed by atoms with E-state index in [1.165, 1.54) is 19.4 Å². The van der Waals surface area contributed by atoms with Crippen LogP contribution in [0, 0.1) is 18.8 Å². The molecule has 6 rings (SSSR count). The van der Waals surface area contributed by atoms with Crippen LogP contribution in [0.3, 0.4) is 0 Å². The monoisotopic (exact) mass is 647 g/mol. The van der Waals surface area contributed by atoms with E-state index in [-0.39, 0.29) is 23.8 Å². The molecule has 3 fully saturated rings. The van der Waals surface area contributed by atoms with Crippen molar-refractivity contribution in [2.45, 2.75) is 71.4 Å². The number of aryl methyl sites for hydroxylation is 1. The molecule has 2 amide bonds. The third kappa shape index (κ3) is 7.31.